The van der Waals surface area contributed by atoms with Crippen molar-refractivity contribution in [1.29, 1.82) is 0 Å². The Labute approximate surface area is 198 Å². The van der Waals surface area contributed by atoms with Crippen molar-refractivity contribution in [2.24, 2.45) is 0 Å². The third kappa shape index (κ3) is 5.61. The number of nitrogens with zero attached hydrogens (tertiary/aromatic N) is 1. The lowest BCUT2D eigenvalue weighted by Crippen LogP contribution is -2.33. The highest BCUT2D eigenvalue weighted by atomic mass is 16.5. The molecule has 0 aliphatic carbocycles. The van der Waals surface area contributed by atoms with Crippen LogP contribution in [0.2, 0.25) is 0 Å². The molecule has 3 rings (SSSR count). The Morgan fingerprint density at radius 2 is 2.03 bits per heavy atom. The largest absolute Gasteiger partial charge is 0.491 e. The molecule has 1 aliphatic rings. The van der Waals surface area contributed by atoms with Crippen LogP contribution in [0.25, 0.3) is 0 Å². The number of aromatic nitrogens is 1. The van der Waals surface area contributed by atoms with Crippen LogP contribution >= 0.6 is 0 Å². The fraction of sp³-hybridized carbons (Fsp3) is 0.593. The van der Waals surface area contributed by atoms with Crippen molar-refractivity contribution < 1.29 is 19.4 Å². The first-order chi connectivity index (χ1) is 15.8. The van der Waals surface area contributed by atoms with E-state index in [-0.39, 0.29) is 24.0 Å². The van der Waals surface area contributed by atoms with E-state index in [9.17, 15) is 9.90 Å². The van der Waals surface area contributed by atoms with Gasteiger partial charge in [0.05, 0.1) is 12.2 Å². The highest BCUT2D eigenvalue weighted by molar-refractivity contribution is 5.93. The van der Waals surface area contributed by atoms with Gasteiger partial charge in [-0.05, 0) is 75.3 Å². The molecule has 1 aromatic carbocycles. The van der Waals surface area contributed by atoms with E-state index < -0.39 is 6.10 Å². The van der Waals surface area contributed by atoms with Crippen LogP contribution in [0.5, 0.6) is 5.75 Å². The number of amides is 1. The maximum atomic E-state index is 13.0. The number of carbonyl (C=O) groups excluding carboxylic acids is 1. The van der Waals surface area contributed by atoms with Gasteiger partial charge in [-0.3, -0.25) is 4.79 Å². The van der Waals surface area contributed by atoms with Crippen LogP contribution in [0.1, 0.15) is 80.6 Å². The molecule has 33 heavy (non-hydrogen) atoms. The van der Waals surface area contributed by atoms with Gasteiger partial charge in [0.2, 0.25) is 0 Å². The number of hydrogen-bond acceptors (Lipinski definition) is 4. The van der Waals surface area contributed by atoms with E-state index in [0.29, 0.717) is 12.2 Å². The van der Waals surface area contributed by atoms with E-state index in [1.807, 2.05) is 17.6 Å². The smallest absolute Gasteiger partial charge is 0.268 e. The Morgan fingerprint density at radius 3 is 2.61 bits per heavy atom. The summed E-state index contributed by atoms with van der Waals surface area (Å²) in [5.74, 6) is 0.749. The highest BCUT2D eigenvalue weighted by Crippen LogP contribution is 2.41. The van der Waals surface area contributed by atoms with Crippen LogP contribution in [0, 0.1) is 6.92 Å². The van der Waals surface area contributed by atoms with Gasteiger partial charge in [-0.15, -0.1) is 0 Å². The number of aliphatic hydroxyl groups excluding tert-OH is 1. The molecular weight excluding hydrogens is 416 g/mol. The van der Waals surface area contributed by atoms with E-state index >= 15 is 0 Å². The third-order valence-electron chi connectivity index (χ3n) is 6.95. The van der Waals surface area contributed by atoms with Crippen LogP contribution < -0.4 is 10.1 Å². The summed E-state index contributed by atoms with van der Waals surface area (Å²) in [6.07, 6.45) is 5.66. The second-order valence-corrected chi connectivity index (χ2v) is 9.17. The molecule has 2 aromatic rings. The summed E-state index contributed by atoms with van der Waals surface area (Å²) in [5.41, 5.74) is 3.93. The van der Waals surface area contributed by atoms with Crippen LogP contribution in [0.3, 0.4) is 0 Å². The Bertz CT molecular complexity index is 924. The van der Waals surface area contributed by atoms with Gasteiger partial charge in [-0.2, -0.15) is 0 Å². The number of benzene rings is 1. The first-order valence-electron chi connectivity index (χ1n) is 12.4. The van der Waals surface area contributed by atoms with Gasteiger partial charge in [0.1, 0.15) is 18.1 Å². The van der Waals surface area contributed by atoms with Crippen LogP contribution in [-0.2, 0) is 16.7 Å². The number of carbonyl (C=O) groups is 1. The minimum atomic E-state index is -0.506. The normalized spacial score (nSPS) is 17.2. The number of aliphatic hydroxyl groups is 1. The van der Waals surface area contributed by atoms with Crippen LogP contribution in [-0.4, -0.2) is 47.5 Å². The van der Waals surface area contributed by atoms with Crippen molar-refractivity contribution in [2.45, 2.75) is 84.5 Å². The summed E-state index contributed by atoms with van der Waals surface area (Å²) < 4.78 is 13.5. The zero-order valence-electron chi connectivity index (χ0n) is 20.8. The first-order valence-corrected chi connectivity index (χ1v) is 12.4. The van der Waals surface area contributed by atoms with E-state index in [1.54, 1.807) is 6.92 Å². The van der Waals surface area contributed by atoms with Gasteiger partial charge in [0.25, 0.3) is 5.91 Å². The summed E-state index contributed by atoms with van der Waals surface area (Å²) in [4.78, 5) is 13.0. The summed E-state index contributed by atoms with van der Waals surface area (Å²) in [7, 11) is 0. The van der Waals surface area contributed by atoms with Crippen molar-refractivity contribution in [3.05, 3.63) is 52.8 Å². The topological polar surface area (TPSA) is 72.7 Å². The second-order valence-electron chi connectivity index (χ2n) is 9.17. The average Bonchev–Trinajstić information content (AvgIpc) is 3.48. The number of hydrogen-bond donors (Lipinski definition) is 2. The van der Waals surface area contributed by atoms with Crippen molar-refractivity contribution in [3.8, 4) is 5.75 Å². The minimum absolute atomic E-state index is 0.0437. The maximum absolute atomic E-state index is 13.0. The number of ether oxygens (including phenoxy) is 2. The number of rotatable bonds is 11. The van der Waals surface area contributed by atoms with Gasteiger partial charge in [0, 0.05) is 31.3 Å². The zero-order valence-corrected chi connectivity index (χ0v) is 20.8. The standard InChI is InChI=1S/C27H40N2O4/c1-6-27(7-2,21-11-12-25(19(4)14-21)33-18-20(5)30)22-15-24(29(8-3)17-22)26(31)28-16-23-10-9-13-32-23/h11-12,14-15,17,20,23,30H,6-10,13,16,18H2,1-5H3,(H,28,31). The predicted octanol–water partition coefficient (Wildman–Crippen LogP) is 4.59. The fourth-order valence-corrected chi connectivity index (χ4v) is 4.88. The Morgan fingerprint density at radius 1 is 1.27 bits per heavy atom. The Kier molecular flexibility index (Phi) is 8.60. The van der Waals surface area contributed by atoms with Crippen molar-refractivity contribution >= 4 is 5.91 Å². The molecule has 2 atom stereocenters. The van der Waals surface area contributed by atoms with E-state index in [2.05, 4.69) is 50.5 Å². The highest BCUT2D eigenvalue weighted by Gasteiger charge is 2.33. The molecule has 2 unspecified atom stereocenters. The molecule has 6 heteroatoms. The monoisotopic (exact) mass is 456 g/mol. The molecule has 1 saturated heterocycles. The van der Waals surface area contributed by atoms with E-state index in [1.165, 1.54) is 5.56 Å². The third-order valence-corrected chi connectivity index (χ3v) is 6.95. The van der Waals surface area contributed by atoms with Gasteiger partial charge >= 0.3 is 0 Å². The van der Waals surface area contributed by atoms with E-state index in [4.69, 9.17) is 9.47 Å². The lowest BCUT2D eigenvalue weighted by atomic mass is 9.71. The molecule has 2 heterocycles. The predicted molar refractivity (Wildman–Crippen MR) is 131 cm³/mol. The van der Waals surface area contributed by atoms with Gasteiger partial charge < -0.3 is 24.5 Å². The average molecular weight is 457 g/mol. The summed E-state index contributed by atoms with van der Waals surface area (Å²) in [5, 5.41) is 12.6. The summed E-state index contributed by atoms with van der Waals surface area (Å²) in [6, 6.07) is 8.37. The first kappa shape index (κ1) is 25.3. The molecule has 0 radical (unpaired) electrons. The molecule has 0 saturated carbocycles. The molecule has 6 nitrogen and oxygen atoms in total. The van der Waals surface area contributed by atoms with Crippen LogP contribution in [0.15, 0.2) is 30.5 Å². The molecule has 0 bridgehead atoms. The molecule has 2 N–H and O–H groups in total. The van der Waals surface area contributed by atoms with Gasteiger partial charge in [-0.25, -0.2) is 0 Å². The molecule has 0 spiro atoms. The molecular formula is C27H40N2O4. The number of nitrogens with one attached hydrogen (secondary N) is 1. The Balaban J connectivity index is 1.89. The number of aryl methyl sites for hydroxylation is 2. The van der Waals surface area contributed by atoms with Gasteiger partial charge in [-0.1, -0.05) is 26.0 Å². The molecule has 1 aliphatic heterocycles. The molecule has 1 aromatic heterocycles. The SMILES string of the molecule is CCn1cc(C(CC)(CC)c2ccc(OCC(C)O)c(C)c2)cc1C(=O)NCC1CCCO1. The minimum Gasteiger partial charge on any atom is -0.491 e. The lowest BCUT2D eigenvalue weighted by Gasteiger charge is -2.32. The van der Waals surface area contributed by atoms with Crippen molar-refractivity contribution in [2.75, 3.05) is 19.8 Å². The van der Waals surface area contributed by atoms with E-state index in [0.717, 1.165) is 55.7 Å². The van der Waals surface area contributed by atoms with Crippen molar-refractivity contribution in [1.82, 2.24) is 9.88 Å². The van der Waals surface area contributed by atoms with Crippen molar-refractivity contribution in [3.63, 3.8) is 0 Å². The molecule has 182 valence electrons. The summed E-state index contributed by atoms with van der Waals surface area (Å²) >= 11 is 0. The fourth-order valence-electron chi connectivity index (χ4n) is 4.88. The molecule has 1 fully saturated rings. The van der Waals surface area contributed by atoms with Gasteiger partial charge in [0.15, 0.2) is 0 Å². The second kappa shape index (κ2) is 11.2. The maximum Gasteiger partial charge on any atom is 0.268 e. The lowest BCUT2D eigenvalue weighted by molar-refractivity contribution is 0.0850. The Hall–Kier alpha value is -2.31. The zero-order chi connectivity index (χ0) is 24.0. The summed E-state index contributed by atoms with van der Waals surface area (Å²) in [6.45, 7) is 12.6. The molecule has 1 amide bonds. The van der Waals surface area contributed by atoms with Crippen LogP contribution in [0.4, 0.5) is 0 Å². The quantitative estimate of drug-likeness (QED) is 0.519.